The predicted octanol–water partition coefficient (Wildman–Crippen LogP) is 4.77. The van der Waals surface area contributed by atoms with Gasteiger partial charge in [0, 0.05) is 44.8 Å². The molecule has 1 aromatic carbocycles. The Balaban J connectivity index is 1.51. The second kappa shape index (κ2) is 10.6. The fraction of sp³-hybridized carbons (Fsp3) is 0.667. The molecule has 1 aromatic heterocycles. The minimum absolute atomic E-state index is 0.129. The highest BCUT2D eigenvalue weighted by atomic mass is 16.6. The summed E-state index contributed by atoms with van der Waals surface area (Å²) in [5, 5.41) is 6.11. The lowest BCUT2D eigenvalue weighted by atomic mass is 10.0. The van der Waals surface area contributed by atoms with Gasteiger partial charge in [0.05, 0.1) is 23.2 Å². The molecule has 1 aliphatic heterocycles. The monoisotopic (exact) mass is 484 g/mol. The summed E-state index contributed by atoms with van der Waals surface area (Å²) < 4.78 is 12.8. The van der Waals surface area contributed by atoms with Gasteiger partial charge in [-0.25, -0.2) is 4.79 Å². The van der Waals surface area contributed by atoms with Crippen LogP contribution in [0.3, 0.4) is 0 Å². The summed E-state index contributed by atoms with van der Waals surface area (Å²) in [6.45, 7) is 10.2. The van der Waals surface area contributed by atoms with Gasteiger partial charge in [-0.05, 0) is 65.9 Å². The van der Waals surface area contributed by atoms with Crippen LogP contribution in [-0.4, -0.2) is 70.0 Å². The van der Waals surface area contributed by atoms with Crippen molar-refractivity contribution in [1.29, 1.82) is 0 Å². The van der Waals surface area contributed by atoms with E-state index in [1.54, 1.807) is 12.0 Å². The first-order valence-electron chi connectivity index (χ1n) is 12.9. The minimum Gasteiger partial charge on any atom is -0.444 e. The number of amides is 2. The topological polar surface area (TPSA) is 76.9 Å². The Kier molecular flexibility index (Phi) is 7.69. The zero-order valence-electron chi connectivity index (χ0n) is 21.8. The molecule has 0 spiro atoms. The first-order chi connectivity index (χ1) is 16.7. The molecule has 2 amide bonds. The van der Waals surface area contributed by atoms with Crippen molar-refractivity contribution in [3.8, 4) is 0 Å². The molecule has 2 heterocycles. The number of aryl methyl sites for hydroxylation is 1. The van der Waals surface area contributed by atoms with Crippen LogP contribution in [0.2, 0.25) is 0 Å². The van der Waals surface area contributed by atoms with Crippen LogP contribution >= 0.6 is 0 Å². The van der Waals surface area contributed by atoms with Gasteiger partial charge in [0.15, 0.2) is 0 Å². The highest BCUT2D eigenvalue weighted by Crippen LogP contribution is 2.38. The Morgan fingerprint density at radius 3 is 2.60 bits per heavy atom. The molecular weight excluding hydrogens is 444 g/mol. The maximum absolute atomic E-state index is 13.8. The van der Waals surface area contributed by atoms with Crippen LogP contribution < -0.4 is 0 Å². The van der Waals surface area contributed by atoms with Crippen molar-refractivity contribution in [1.82, 2.24) is 19.6 Å². The van der Waals surface area contributed by atoms with E-state index in [1.807, 2.05) is 37.8 Å². The Morgan fingerprint density at radius 1 is 1.17 bits per heavy atom. The zero-order valence-corrected chi connectivity index (χ0v) is 21.8. The van der Waals surface area contributed by atoms with Gasteiger partial charge in [0.2, 0.25) is 5.91 Å². The van der Waals surface area contributed by atoms with Crippen molar-refractivity contribution >= 4 is 22.9 Å². The molecule has 8 nitrogen and oxygen atoms in total. The molecule has 1 aliphatic carbocycles. The number of carbonyl (C=O) groups excluding carboxylic acids is 2. The third-order valence-corrected chi connectivity index (χ3v) is 6.85. The highest BCUT2D eigenvalue weighted by Gasteiger charge is 2.43. The predicted molar refractivity (Wildman–Crippen MR) is 135 cm³/mol. The largest absolute Gasteiger partial charge is 0.444 e. The van der Waals surface area contributed by atoms with E-state index >= 15 is 0 Å². The maximum atomic E-state index is 13.8. The highest BCUT2D eigenvalue weighted by molar-refractivity contribution is 5.85. The quantitative estimate of drug-likeness (QED) is 0.479. The molecule has 1 saturated heterocycles. The van der Waals surface area contributed by atoms with E-state index in [9.17, 15) is 9.59 Å². The number of hydrogen-bond acceptors (Lipinski definition) is 5. The van der Waals surface area contributed by atoms with Gasteiger partial charge >= 0.3 is 6.09 Å². The smallest absolute Gasteiger partial charge is 0.410 e. The SMILES string of the molecule is COCCCCn1nc([C@@H](C)N(C(=O)[C@@H]2CCN(C(=O)OC(C)(C)C)C2)C2CC2)c2ccccc21. The van der Waals surface area contributed by atoms with E-state index in [0.29, 0.717) is 19.5 Å². The molecular formula is C27H40N4O4. The number of rotatable bonds is 9. The number of fused-ring (bicyclic) bond motifs is 1. The van der Waals surface area contributed by atoms with Gasteiger partial charge in [-0.15, -0.1) is 0 Å². The van der Waals surface area contributed by atoms with Crippen molar-refractivity contribution < 1.29 is 19.1 Å². The molecule has 0 unspecified atom stereocenters. The molecule has 2 aliphatic rings. The van der Waals surface area contributed by atoms with Crippen molar-refractivity contribution in [2.24, 2.45) is 5.92 Å². The summed E-state index contributed by atoms with van der Waals surface area (Å²) in [4.78, 5) is 30.0. The van der Waals surface area contributed by atoms with E-state index in [1.165, 1.54) is 0 Å². The Morgan fingerprint density at radius 2 is 1.91 bits per heavy atom. The fourth-order valence-electron chi connectivity index (χ4n) is 4.98. The van der Waals surface area contributed by atoms with Gasteiger partial charge in [-0.1, -0.05) is 18.2 Å². The van der Waals surface area contributed by atoms with Crippen molar-refractivity contribution in [2.75, 3.05) is 26.8 Å². The van der Waals surface area contributed by atoms with Crippen LogP contribution in [0.4, 0.5) is 4.79 Å². The number of benzene rings is 1. The van der Waals surface area contributed by atoms with Gasteiger partial charge in [0.25, 0.3) is 0 Å². The summed E-state index contributed by atoms with van der Waals surface area (Å²) in [5.74, 6) is -0.0715. The van der Waals surface area contributed by atoms with Crippen LogP contribution in [0.25, 0.3) is 10.9 Å². The molecule has 0 N–H and O–H groups in total. The lowest BCUT2D eigenvalue weighted by Crippen LogP contribution is -2.42. The van der Waals surface area contributed by atoms with Crippen molar-refractivity contribution in [3.05, 3.63) is 30.0 Å². The summed E-state index contributed by atoms with van der Waals surface area (Å²) in [7, 11) is 1.73. The second-order valence-electron chi connectivity index (χ2n) is 10.9. The molecule has 8 heteroatoms. The molecule has 192 valence electrons. The molecule has 2 atom stereocenters. The fourth-order valence-corrected chi connectivity index (χ4v) is 4.98. The van der Waals surface area contributed by atoms with Gasteiger partial charge < -0.3 is 19.3 Å². The van der Waals surface area contributed by atoms with Crippen LogP contribution in [-0.2, 0) is 20.8 Å². The van der Waals surface area contributed by atoms with Crippen LogP contribution in [0.5, 0.6) is 0 Å². The van der Waals surface area contributed by atoms with E-state index in [2.05, 4.69) is 23.7 Å². The molecule has 2 aromatic rings. The van der Waals surface area contributed by atoms with Crippen LogP contribution in [0, 0.1) is 5.92 Å². The number of aromatic nitrogens is 2. The molecule has 0 radical (unpaired) electrons. The first-order valence-corrected chi connectivity index (χ1v) is 12.9. The summed E-state index contributed by atoms with van der Waals surface area (Å²) in [6.07, 6.45) is 4.35. The van der Waals surface area contributed by atoms with Gasteiger partial charge in [-0.2, -0.15) is 5.10 Å². The summed E-state index contributed by atoms with van der Waals surface area (Å²) in [5.41, 5.74) is 1.51. The third-order valence-electron chi connectivity index (χ3n) is 6.85. The Labute approximate surface area is 208 Å². The second-order valence-corrected chi connectivity index (χ2v) is 10.9. The average molecular weight is 485 g/mol. The third kappa shape index (κ3) is 5.97. The zero-order chi connectivity index (χ0) is 25.2. The maximum Gasteiger partial charge on any atom is 0.410 e. The van der Waals surface area contributed by atoms with E-state index in [-0.39, 0.29) is 30.0 Å². The van der Waals surface area contributed by atoms with Gasteiger partial charge in [0.1, 0.15) is 5.60 Å². The molecule has 4 rings (SSSR count). The standard InChI is InChI=1S/C27H40N4O4/c1-19(24-22-10-6-7-11-23(22)30(28-24)15-8-9-17-34-5)31(21-12-13-21)25(32)20-14-16-29(18-20)26(33)35-27(2,3)4/h6-7,10-11,19-21H,8-9,12-18H2,1-5H3/t19-,20-/m1/s1. The van der Waals surface area contributed by atoms with Crippen LogP contribution in [0.15, 0.2) is 24.3 Å². The number of ether oxygens (including phenoxy) is 2. The number of methoxy groups -OCH3 is 1. The number of likely N-dealkylation sites (tertiary alicyclic amines) is 1. The number of nitrogens with zero attached hydrogens (tertiary/aromatic N) is 4. The number of carbonyl (C=O) groups is 2. The number of hydrogen-bond donors (Lipinski definition) is 0. The minimum atomic E-state index is -0.544. The Bertz CT molecular complexity index is 1040. The van der Waals surface area contributed by atoms with E-state index in [4.69, 9.17) is 14.6 Å². The van der Waals surface area contributed by atoms with E-state index in [0.717, 1.165) is 55.4 Å². The molecule has 35 heavy (non-hydrogen) atoms. The van der Waals surface area contributed by atoms with E-state index < -0.39 is 5.60 Å². The average Bonchev–Trinajstić information content (AvgIpc) is 3.38. The van der Waals surface area contributed by atoms with Crippen LogP contribution in [0.1, 0.15) is 71.5 Å². The van der Waals surface area contributed by atoms with Crippen molar-refractivity contribution in [2.45, 2.75) is 84.0 Å². The number of unbranched alkanes of at least 4 members (excludes halogenated alkanes) is 1. The molecule has 2 fully saturated rings. The lowest BCUT2D eigenvalue weighted by molar-refractivity contribution is -0.138. The number of para-hydroxylation sites is 1. The summed E-state index contributed by atoms with van der Waals surface area (Å²) in [6, 6.07) is 8.41. The Hall–Kier alpha value is -2.61. The molecule has 1 saturated carbocycles. The van der Waals surface area contributed by atoms with Gasteiger partial charge in [-0.3, -0.25) is 9.48 Å². The summed E-state index contributed by atoms with van der Waals surface area (Å²) >= 11 is 0. The van der Waals surface area contributed by atoms with Crippen molar-refractivity contribution in [3.63, 3.8) is 0 Å². The normalized spacial score (nSPS) is 19.2. The first kappa shape index (κ1) is 25.5. The molecule has 0 bridgehead atoms. The lowest BCUT2D eigenvalue weighted by Gasteiger charge is -2.31.